The lowest BCUT2D eigenvalue weighted by Gasteiger charge is -2.32. The largest absolute Gasteiger partial charge is 0.573 e. The third-order valence-corrected chi connectivity index (χ3v) is 6.55. The van der Waals surface area contributed by atoms with Gasteiger partial charge in [-0.1, -0.05) is 12.8 Å². The van der Waals surface area contributed by atoms with Crippen molar-refractivity contribution in [2.75, 3.05) is 25.0 Å². The first-order valence-electron chi connectivity index (χ1n) is 11.9. The van der Waals surface area contributed by atoms with E-state index in [1.165, 1.54) is 12.1 Å². The van der Waals surface area contributed by atoms with Gasteiger partial charge in [-0.25, -0.2) is 0 Å². The molecule has 0 saturated carbocycles. The van der Waals surface area contributed by atoms with Crippen LogP contribution in [0.2, 0.25) is 0 Å². The normalized spacial score (nSPS) is 18.0. The minimum atomic E-state index is -4.75. The number of anilines is 1. The molecule has 2 aliphatic rings. The number of ether oxygens (including phenoxy) is 1. The van der Waals surface area contributed by atoms with Crippen molar-refractivity contribution in [2.45, 2.75) is 50.9 Å². The summed E-state index contributed by atoms with van der Waals surface area (Å²) in [6.07, 6.45) is 4.13. The Morgan fingerprint density at radius 3 is 2.54 bits per heavy atom. The van der Waals surface area contributed by atoms with E-state index in [4.69, 9.17) is 0 Å². The number of hydrogen-bond acceptors (Lipinski definition) is 5. The monoisotopic (exact) mass is 490 g/mol. The highest BCUT2D eigenvalue weighted by Gasteiger charge is 2.31. The van der Waals surface area contributed by atoms with Crippen LogP contribution in [0.15, 0.2) is 42.7 Å². The van der Waals surface area contributed by atoms with Crippen molar-refractivity contribution in [2.24, 2.45) is 5.92 Å². The van der Waals surface area contributed by atoms with E-state index in [2.05, 4.69) is 20.4 Å². The first kappa shape index (κ1) is 24.8. The summed E-state index contributed by atoms with van der Waals surface area (Å²) in [7, 11) is 0. The van der Waals surface area contributed by atoms with Gasteiger partial charge in [0.05, 0.1) is 0 Å². The summed E-state index contributed by atoms with van der Waals surface area (Å²) in [6, 6.07) is 6.67. The number of alkyl halides is 3. The number of carbonyl (C=O) groups is 2. The maximum Gasteiger partial charge on any atom is 0.573 e. The first-order valence-corrected chi connectivity index (χ1v) is 11.9. The van der Waals surface area contributed by atoms with E-state index in [0.29, 0.717) is 37.5 Å². The molecule has 0 aliphatic carbocycles. The number of unbranched alkanes of at least 4 members (excludes halogenated alkanes) is 1. The fourth-order valence-corrected chi connectivity index (χ4v) is 4.65. The number of amides is 2. The van der Waals surface area contributed by atoms with Gasteiger partial charge in [-0.05, 0) is 61.1 Å². The van der Waals surface area contributed by atoms with Crippen molar-refractivity contribution in [3.05, 3.63) is 53.9 Å². The van der Waals surface area contributed by atoms with E-state index in [0.717, 1.165) is 55.5 Å². The van der Waals surface area contributed by atoms with E-state index < -0.39 is 6.36 Å². The Morgan fingerprint density at radius 2 is 1.86 bits per heavy atom. The average Bonchev–Trinajstić information content (AvgIpc) is 3.28. The number of benzene rings is 1. The third kappa shape index (κ3) is 6.86. The number of aromatic nitrogens is 1. The summed E-state index contributed by atoms with van der Waals surface area (Å²) in [6.45, 7) is 1.89. The number of nitrogens with zero attached hydrogens (tertiary/aromatic N) is 2. The Kier molecular flexibility index (Phi) is 7.77. The van der Waals surface area contributed by atoms with Crippen molar-refractivity contribution in [3.63, 3.8) is 0 Å². The van der Waals surface area contributed by atoms with Gasteiger partial charge in [0.25, 0.3) is 5.91 Å². The van der Waals surface area contributed by atoms with Gasteiger partial charge in [0.15, 0.2) is 0 Å². The van der Waals surface area contributed by atoms with Crippen molar-refractivity contribution >= 4 is 17.5 Å². The fraction of sp³-hybridized carbons (Fsp3) is 0.480. The molecule has 0 radical (unpaired) electrons. The number of hydrogen-bond donors (Lipinski definition) is 2. The Hall–Kier alpha value is -3.30. The van der Waals surface area contributed by atoms with Crippen LogP contribution >= 0.6 is 0 Å². The number of fused-ring (bicyclic) bond motifs is 1. The molecule has 10 heteroatoms. The number of piperidine rings is 1. The molecule has 2 aromatic rings. The van der Waals surface area contributed by atoms with E-state index in [1.807, 2.05) is 6.07 Å². The van der Waals surface area contributed by atoms with Crippen LogP contribution < -0.4 is 15.4 Å². The number of pyridine rings is 1. The Bertz CT molecular complexity index is 996. The van der Waals surface area contributed by atoms with E-state index >= 15 is 0 Å². The summed E-state index contributed by atoms with van der Waals surface area (Å²) in [5, 5.41) is 6.24. The standard InChI is InChI=1S/C25H29F3N4O3/c26-25(27,28)35-20-6-4-18(5-7-20)24(34)32-13-9-17(10-14-32)3-1-2-11-30-23(33)22-15-19-16-29-12-8-21(19)31-22/h4-8,12,16-17,22,31H,1-3,9-11,13-15H2,(H,30,33). The molecule has 2 aliphatic heterocycles. The van der Waals surface area contributed by atoms with Crippen LogP contribution in [0.1, 0.15) is 48.0 Å². The molecule has 7 nitrogen and oxygen atoms in total. The predicted octanol–water partition coefficient (Wildman–Crippen LogP) is 4.16. The molecular formula is C25H29F3N4O3. The number of carbonyl (C=O) groups excluding carboxylic acids is 2. The highest BCUT2D eigenvalue weighted by atomic mass is 19.4. The molecule has 1 aromatic carbocycles. The fourth-order valence-electron chi connectivity index (χ4n) is 4.65. The van der Waals surface area contributed by atoms with Crippen LogP contribution in [0, 0.1) is 5.92 Å². The minimum Gasteiger partial charge on any atom is -0.406 e. The zero-order chi connectivity index (χ0) is 24.8. The summed E-state index contributed by atoms with van der Waals surface area (Å²) >= 11 is 0. The van der Waals surface area contributed by atoms with Gasteiger partial charge in [-0.2, -0.15) is 0 Å². The van der Waals surface area contributed by atoms with Gasteiger partial charge in [0.2, 0.25) is 5.91 Å². The summed E-state index contributed by atoms with van der Waals surface area (Å²) in [4.78, 5) is 30.9. The van der Waals surface area contributed by atoms with Crippen LogP contribution in [0.4, 0.5) is 18.9 Å². The molecule has 1 aromatic heterocycles. The number of nitrogens with one attached hydrogen (secondary N) is 2. The van der Waals surface area contributed by atoms with Gasteiger partial charge >= 0.3 is 6.36 Å². The second-order valence-corrected chi connectivity index (χ2v) is 9.03. The molecule has 1 fully saturated rings. The van der Waals surface area contributed by atoms with Crippen LogP contribution in [0.25, 0.3) is 0 Å². The molecule has 2 N–H and O–H groups in total. The van der Waals surface area contributed by atoms with E-state index in [-0.39, 0.29) is 23.6 Å². The predicted molar refractivity (Wildman–Crippen MR) is 124 cm³/mol. The second-order valence-electron chi connectivity index (χ2n) is 9.03. The summed E-state index contributed by atoms with van der Waals surface area (Å²) < 4.78 is 40.7. The number of likely N-dealkylation sites (tertiary alicyclic amines) is 1. The molecule has 1 unspecified atom stereocenters. The molecule has 35 heavy (non-hydrogen) atoms. The average molecular weight is 491 g/mol. The zero-order valence-electron chi connectivity index (χ0n) is 19.3. The Morgan fingerprint density at radius 1 is 1.11 bits per heavy atom. The van der Waals surface area contributed by atoms with Crippen LogP contribution in [0.5, 0.6) is 5.75 Å². The zero-order valence-corrected chi connectivity index (χ0v) is 19.3. The minimum absolute atomic E-state index is 0.00558. The van der Waals surface area contributed by atoms with Gasteiger partial charge in [0.1, 0.15) is 11.8 Å². The molecule has 1 saturated heterocycles. The lowest BCUT2D eigenvalue weighted by molar-refractivity contribution is -0.274. The third-order valence-electron chi connectivity index (χ3n) is 6.55. The summed E-state index contributed by atoms with van der Waals surface area (Å²) in [5.41, 5.74) is 2.38. The van der Waals surface area contributed by atoms with E-state index in [9.17, 15) is 22.8 Å². The molecule has 188 valence electrons. The lowest BCUT2D eigenvalue weighted by atomic mass is 9.91. The molecule has 4 rings (SSSR count). The maximum absolute atomic E-state index is 12.7. The number of rotatable bonds is 8. The highest BCUT2D eigenvalue weighted by Crippen LogP contribution is 2.26. The van der Waals surface area contributed by atoms with Crippen molar-refractivity contribution in [3.8, 4) is 5.75 Å². The van der Waals surface area contributed by atoms with Crippen molar-refractivity contribution in [1.82, 2.24) is 15.2 Å². The van der Waals surface area contributed by atoms with Crippen molar-refractivity contribution in [1.29, 1.82) is 0 Å². The smallest absolute Gasteiger partial charge is 0.406 e. The molecule has 2 amide bonds. The van der Waals surface area contributed by atoms with Gasteiger partial charge in [-0.3, -0.25) is 14.6 Å². The van der Waals surface area contributed by atoms with Crippen LogP contribution in [-0.2, 0) is 11.2 Å². The molecule has 0 spiro atoms. The van der Waals surface area contributed by atoms with Crippen LogP contribution in [-0.4, -0.2) is 53.7 Å². The number of halogens is 3. The second kappa shape index (κ2) is 11.0. The quantitative estimate of drug-likeness (QED) is 0.543. The Labute approximate surface area is 202 Å². The molecular weight excluding hydrogens is 461 g/mol. The molecule has 1 atom stereocenters. The van der Waals surface area contributed by atoms with Gasteiger partial charge in [0, 0.05) is 49.7 Å². The molecule has 3 heterocycles. The highest BCUT2D eigenvalue weighted by molar-refractivity contribution is 5.94. The topological polar surface area (TPSA) is 83.6 Å². The summed E-state index contributed by atoms with van der Waals surface area (Å²) in [5.74, 6) is 0.0101. The van der Waals surface area contributed by atoms with Gasteiger partial charge in [-0.15, -0.1) is 13.2 Å². The first-order chi connectivity index (χ1) is 16.8. The maximum atomic E-state index is 12.7. The van der Waals surface area contributed by atoms with E-state index in [1.54, 1.807) is 17.3 Å². The Balaban J connectivity index is 1.10. The van der Waals surface area contributed by atoms with Gasteiger partial charge < -0.3 is 20.3 Å². The lowest BCUT2D eigenvalue weighted by Crippen LogP contribution is -2.39. The molecule has 0 bridgehead atoms. The SMILES string of the molecule is O=C(NCCCCC1CCN(C(=O)c2ccc(OC(F)(F)F)cc2)CC1)C1Cc2cnccc2N1. The van der Waals surface area contributed by atoms with Crippen molar-refractivity contribution < 1.29 is 27.5 Å². The van der Waals surface area contributed by atoms with Crippen LogP contribution in [0.3, 0.4) is 0 Å².